The van der Waals surface area contributed by atoms with Gasteiger partial charge in [-0.15, -0.1) is 0 Å². The van der Waals surface area contributed by atoms with Crippen molar-refractivity contribution in [3.05, 3.63) is 65.5 Å². The monoisotopic (exact) mass is 323 g/mol. The summed E-state index contributed by atoms with van der Waals surface area (Å²) in [7, 11) is 1.62. The summed E-state index contributed by atoms with van der Waals surface area (Å²) in [5, 5.41) is 6.74. The van der Waals surface area contributed by atoms with E-state index in [1.54, 1.807) is 38.3 Å². The Bertz CT molecular complexity index is 841. The number of amides is 1. The zero-order chi connectivity index (χ0) is 16.9. The van der Waals surface area contributed by atoms with Crippen LogP contribution in [0.4, 0.5) is 0 Å². The Labute approximate surface area is 139 Å². The van der Waals surface area contributed by atoms with E-state index in [1.165, 1.54) is 0 Å². The van der Waals surface area contributed by atoms with Gasteiger partial charge in [-0.1, -0.05) is 29.4 Å². The van der Waals surface area contributed by atoms with E-state index >= 15 is 0 Å². The van der Waals surface area contributed by atoms with Gasteiger partial charge in [-0.3, -0.25) is 4.79 Å². The number of methoxy groups -OCH3 is 1. The molecule has 3 aromatic rings. The quantitative estimate of drug-likeness (QED) is 0.781. The highest BCUT2D eigenvalue weighted by atomic mass is 16.5. The first-order valence-corrected chi connectivity index (χ1v) is 7.47. The van der Waals surface area contributed by atoms with Gasteiger partial charge in [-0.25, -0.2) is 0 Å². The van der Waals surface area contributed by atoms with Gasteiger partial charge in [0, 0.05) is 24.6 Å². The van der Waals surface area contributed by atoms with E-state index in [0.717, 1.165) is 16.9 Å². The van der Waals surface area contributed by atoms with Crippen molar-refractivity contribution in [2.45, 2.75) is 13.5 Å². The lowest BCUT2D eigenvalue weighted by Crippen LogP contribution is -2.22. The van der Waals surface area contributed by atoms with Gasteiger partial charge in [0.1, 0.15) is 5.75 Å². The molecule has 1 amide bonds. The number of aromatic nitrogens is 2. The van der Waals surface area contributed by atoms with Crippen molar-refractivity contribution in [1.82, 2.24) is 15.5 Å². The van der Waals surface area contributed by atoms with Crippen LogP contribution in [-0.2, 0) is 6.54 Å². The van der Waals surface area contributed by atoms with Gasteiger partial charge < -0.3 is 14.6 Å². The van der Waals surface area contributed by atoms with Crippen molar-refractivity contribution in [3.8, 4) is 17.1 Å². The van der Waals surface area contributed by atoms with Gasteiger partial charge in [0.15, 0.2) is 0 Å². The molecular weight excluding hydrogens is 306 g/mol. The highest BCUT2D eigenvalue weighted by Gasteiger charge is 2.09. The van der Waals surface area contributed by atoms with Crippen molar-refractivity contribution in [1.29, 1.82) is 0 Å². The average molecular weight is 323 g/mol. The highest BCUT2D eigenvalue weighted by Crippen LogP contribution is 2.17. The van der Waals surface area contributed by atoms with E-state index in [0.29, 0.717) is 23.8 Å². The van der Waals surface area contributed by atoms with E-state index < -0.39 is 0 Å². The van der Waals surface area contributed by atoms with Crippen LogP contribution in [0.25, 0.3) is 11.4 Å². The fourth-order valence-corrected chi connectivity index (χ4v) is 2.25. The topological polar surface area (TPSA) is 77.2 Å². The zero-order valence-electron chi connectivity index (χ0n) is 13.4. The fraction of sp³-hybridized carbons (Fsp3) is 0.167. The van der Waals surface area contributed by atoms with Crippen molar-refractivity contribution in [2.75, 3.05) is 7.11 Å². The molecular formula is C18H17N3O3. The molecule has 0 aliphatic carbocycles. The Morgan fingerprint density at radius 2 is 2.00 bits per heavy atom. The van der Waals surface area contributed by atoms with Crippen molar-refractivity contribution in [3.63, 3.8) is 0 Å². The molecule has 1 heterocycles. The van der Waals surface area contributed by atoms with Crippen LogP contribution in [0.1, 0.15) is 21.8 Å². The molecule has 0 atom stereocenters. The molecule has 0 fully saturated rings. The number of nitrogens with one attached hydrogen (secondary N) is 1. The fourth-order valence-electron chi connectivity index (χ4n) is 2.25. The molecule has 0 radical (unpaired) electrons. The lowest BCUT2D eigenvalue weighted by atomic mass is 10.1. The standard InChI is InChI=1S/C18H17N3O3/c1-12-20-17(21-24-12)14-6-8-15(9-7-14)18(22)19-11-13-4-3-5-16(10-13)23-2/h3-10H,11H2,1-2H3,(H,19,22). The lowest BCUT2D eigenvalue weighted by molar-refractivity contribution is 0.0951. The Hall–Kier alpha value is -3.15. The third-order valence-electron chi connectivity index (χ3n) is 3.52. The van der Waals surface area contributed by atoms with Crippen LogP contribution >= 0.6 is 0 Å². The van der Waals surface area contributed by atoms with Gasteiger partial charge in [0.2, 0.25) is 11.7 Å². The number of hydrogen-bond donors (Lipinski definition) is 1. The van der Waals surface area contributed by atoms with Crippen molar-refractivity contribution >= 4 is 5.91 Å². The highest BCUT2D eigenvalue weighted by molar-refractivity contribution is 5.94. The minimum Gasteiger partial charge on any atom is -0.497 e. The second-order valence-corrected chi connectivity index (χ2v) is 5.25. The molecule has 2 aromatic carbocycles. The lowest BCUT2D eigenvalue weighted by Gasteiger charge is -2.07. The molecule has 24 heavy (non-hydrogen) atoms. The first-order valence-electron chi connectivity index (χ1n) is 7.47. The third kappa shape index (κ3) is 3.60. The predicted molar refractivity (Wildman–Crippen MR) is 88.6 cm³/mol. The number of carbonyl (C=O) groups excluding carboxylic acids is 1. The maximum Gasteiger partial charge on any atom is 0.251 e. The SMILES string of the molecule is COc1cccc(CNC(=O)c2ccc(-c3noc(C)n3)cc2)c1. The van der Waals surface area contributed by atoms with Crippen LogP contribution in [0.2, 0.25) is 0 Å². The zero-order valence-corrected chi connectivity index (χ0v) is 13.4. The van der Waals surface area contributed by atoms with Crippen LogP contribution in [0.15, 0.2) is 53.1 Å². The number of ether oxygens (including phenoxy) is 1. The number of aryl methyl sites for hydroxylation is 1. The van der Waals surface area contributed by atoms with Gasteiger partial charge >= 0.3 is 0 Å². The second kappa shape index (κ2) is 6.95. The minimum absolute atomic E-state index is 0.145. The Morgan fingerprint density at radius 3 is 2.67 bits per heavy atom. The number of nitrogens with zero attached hydrogens (tertiary/aromatic N) is 2. The summed E-state index contributed by atoms with van der Waals surface area (Å²) < 4.78 is 10.1. The molecule has 6 heteroatoms. The molecule has 0 saturated carbocycles. The third-order valence-corrected chi connectivity index (χ3v) is 3.52. The largest absolute Gasteiger partial charge is 0.497 e. The average Bonchev–Trinajstić information content (AvgIpc) is 3.06. The van der Waals surface area contributed by atoms with E-state index in [-0.39, 0.29) is 5.91 Å². The van der Waals surface area contributed by atoms with Crippen LogP contribution in [0, 0.1) is 6.92 Å². The molecule has 0 bridgehead atoms. The molecule has 0 spiro atoms. The van der Waals surface area contributed by atoms with Crippen LogP contribution < -0.4 is 10.1 Å². The van der Waals surface area contributed by atoms with Gasteiger partial charge in [-0.05, 0) is 29.8 Å². The van der Waals surface area contributed by atoms with Crippen LogP contribution in [0.5, 0.6) is 5.75 Å². The van der Waals surface area contributed by atoms with Crippen LogP contribution in [0.3, 0.4) is 0 Å². The second-order valence-electron chi connectivity index (χ2n) is 5.25. The minimum atomic E-state index is -0.145. The molecule has 0 unspecified atom stereocenters. The molecule has 0 saturated heterocycles. The summed E-state index contributed by atoms with van der Waals surface area (Å²) in [6.45, 7) is 2.17. The Balaban J connectivity index is 1.64. The predicted octanol–water partition coefficient (Wildman–Crippen LogP) is 2.98. The molecule has 0 aliphatic rings. The van der Waals surface area contributed by atoms with Gasteiger partial charge in [0.05, 0.1) is 7.11 Å². The van der Waals surface area contributed by atoms with Crippen molar-refractivity contribution < 1.29 is 14.1 Å². The Kier molecular flexibility index (Phi) is 4.56. The summed E-state index contributed by atoms with van der Waals surface area (Å²) in [6.07, 6.45) is 0. The number of benzene rings is 2. The molecule has 1 aromatic heterocycles. The van der Waals surface area contributed by atoms with E-state index in [9.17, 15) is 4.79 Å². The van der Waals surface area contributed by atoms with Crippen molar-refractivity contribution in [2.24, 2.45) is 0 Å². The summed E-state index contributed by atoms with van der Waals surface area (Å²) in [5.74, 6) is 1.64. The molecule has 3 rings (SSSR count). The summed E-state index contributed by atoms with van der Waals surface area (Å²) >= 11 is 0. The van der Waals surface area contributed by atoms with Crippen LogP contribution in [-0.4, -0.2) is 23.2 Å². The summed E-state index contributed by atoms with van der Waals surface area (Å²) in [5.41, 5.74) is 2.35. The molecule has 1 N–H and O–H groups in total. The first-order chi connectivity index (χ1) is 11.7. The van der Waals surface area contributed by atoms with E-state index in [2.05, 4.69) is 15.5 Å². The van der Waals surface area contributed by atoms with E-state index in [4.69, 9.17) is 9.26 Å². The van der Waals surface area contributed by atoms with Gasteiger partial charge in [0.25, 0.3) is 5.91 Å². The van der Waals surface area contributed by atoms with Gasteiger partial charge in [-0.2, -0.15) is 4.98 Å². The Morgan fingerprint density at radius 1 is 1.21 bits per heavy atom. The maximum atomic E-state index is 12.2. The summed E-state index contributed by atoms with van der Waals surface area (Å²) in [4.78, 5) is 16.4. The molecule has 0 aliphatic heterocycles. The number of rotatable bonds is 5. The number of carbonyl (C=O) groups is 1. The normalized spacial score (nSPS) is 10.4. The summed E-state index contributed by atoms with van der Waals surface area (Å²) in [6, 6.07) is 14.7. The van der Waals surface area contributed by atoms with E-state index in [1.807, 2.05) is 24.3 Å². The molecule has 6 nitrogen and oxygen atoms in total. The first kappa shape index (κ1) is 15.7. The smallest absolute Gasteiger partial charge is 0.251 e. The number of hydrogen-bond acceptors (Lipinski definition) is 5. The maximum absolute atomic E-state index is 12.2. The molecule has 122 valence electrons.